The highest BCUT2D eigenvalue weighted by atomic mass is 35.5. The number of halogens is 1. The molecule has 22 heavy (non-hydrogen) atoms. The van der Waals surface area contributed by atoms with E-state index in [1.54, 1.807) is 0 Å². The normalized spacial score (nSPS) is 12.4. The number of anilines is 3. The Kier molecular flexibility index (Phi) is 3.05. The Morgan fingerprint density at radius 1 is 0.818 bits per heavy atom. The Balaban J connectivity index is 1.96. The van der Waals surface area contributed by atoms with Gasteiger partial charge in [0.15, 0.2) is 11.5 Å². The zero-order chi connectivity index (χ0) is 15.1. The Bertz CT molecular complexity index is 842. The predicted octanol–water partition coefficient (Wildman–Crippen LogP) is 6.22. The second-order valence-electron chi connectivity index (χ2n) is 5.35. The first-order valence-electron chi connectivity index (χ1n) is 7.15. The first-order valence-corrected chi connectivity index (χ1v) is 7.53. The monoisotopic (exact) mass is 307 g/mol. The Morgan fingerprint density at radius 3 is 2.36 bits per heavy atom. The fourth-order valence-electron chi connectivity index (χ4n) is 2.73. The van der Waals surface area contributed by atoms with E-state index in [4.69, 9.17) is 16.3 Å². The summed E-state index contributed by atoms with van der Waals surface area (Å²) in [6, 6.07) is 22.1. The van der Waals surface area contributed by atoms with Crippen molar-refractivity contribution in [3.8, 4) is 11.5 Å². The number of fused-ring (bicyclic) bond motifs is 2. The van der Waals surface area contributed by atoms with Crippen molar-refractivity contribution in [1.29, 1.82) is 0 Å². The van der Waals surface area contributed by atoms with Gasteiger partial charge in [0.25, 0.3) is 0 Å². The Labute approximate surface area is 134 Å². The van der Waals surface area contributed by atoms with Crippen LogP contribution in [0.15, 0.2) is 66.7 Å². The van der Waals surface area contributed by atoms with Crippen molar-refractivity contribution in [2.24, 2.45) is 0 Å². The number of benzene rings is 3. The summed E-state index contributed by atoms with van der Waals surface area (Å²) in [4.78, 5) is 2.21. The van der Waals surface area contributed by atoms with Crippen LogP contribution in [0.3, 0.4) is 0 Å². The van der Waals surface area contributed by atoms with E-state index in [2.05, 4.69) is 30.0 Å². The fraction of sp³-hybridized carbons (Fsp3) is 0.0526. The molecule has 0 radical (unpaired) electrons. The van der Waals surface area contributed by atoms with Gasteiger partial charge in [-0.25, -0.2) is 0 Å². The summed E-state index contributed by atoms with van der Waals surface area (Å²) >= 11 is 6.03. The van der Waals surface area contributed by atoms with Gasteiger partial charge < -0.3 is 9.64 Å². The molecule has 0 atom stereocenters. The molecule has 0 saturated heterocycles. The molecule has 0 bridgehead atoms. The van der Waals surface area contributed by atoms with Gasteiger partial charge in [-0.1, -0.05) is 29.8 Å². The van der Waals surface area contributed by atoms with Crippen LogP contribution < -0.4 is 9.64 Å². The maximum atomic E-state index is 6.04. The van der Waals surface area contributed by atoms with E-state index in [0.29, 0.717) is 0 Å². The molecule has 1 aliphatic heterocycles. The number of hydrogen-bond donors (Lipinski definition) is 0. The molecular formula is C19H14ClNO. The van der Waals surface area contributed by atoms with Crippen molar-refractivity contribution < 1.29 is 4.74 Å². The molecule has 2 nitrogen and oxygen atoms in total. The van der Waals surface area contributed by atoms with E-state index in [0.717, 1.165) is 33.6 Å². The third kappa shape index (κ3) is 2.13. The summed E-state index contributed by atoms with van der Waals surface area (Å²) in [7, 11) is 0. The molecule has 0 unspecified atom stereocenters. The number of aryl methyl sites for hydroxylation is 1. The molecule has 0 fully saturated rings. The molecule has 3 aromatic rings. The van der Waals surface area contributed by atoms with E-state index >= 15 is 0 Å². The van der Waals surface area contributed by atoms with Crippen molar-refractivity contribution in [3.63, 3.8) is 0 Å². The lowest BCUT2D eigenvalue weighted by atomic mass is 10.1. The number of para-hydroxylation sites is 2. The van der Waals surface area contributed by atoms with E-state index in [9.17, 15) is 0 Å². The molecule has 3 heteroatoms. The van der Waals surface area contributed by atoms with E-state index in [-0.39, 0.29) is 0 Å². The maximum absolute atomic E-state index is 6.04. The van der Waals surface area contributed by atoms with Crippen LogP contribution in [0.4, 0.5) is 17.1 Å². The van der Waals surface area contributed by atoms with E-state index in [1.807, 2.05) is 48.5 Å². The molecule has 0 spiro atoms. The lowest BCUT2D eigenvalue weighted by molar-refractivity contribution is 0.477. The van der Waals surface area contributed by atoms with Crippen molar-refractivity contribution in [1.82, 2.24) is 0 Å². The minimum atomic E-state index is 0.731. The molecule has 0 amide bonds. The van der Waals surface area contributed by atoms with Gasteiger partial charge in [0, 0.05) is 10.7 Å². The molecule has 3 aromatic carbocycles. The summed E-state index contributed by atoms with van der Waals surface area (Å²) in [5, 5.41) is 0.731. The van der Waals surface area contributed by atoms with Gasteiger partial charge in [-0.2, -0.15) is 0 Å². The molecule has 4 rings (SSSR count). The van der Waals surface area contributed by atoms with Crippen LogP contribution in [0.5, 0.6) is 11.5 Å². The fourth-order valence-corrected chi connectivity index (χ4v) is 2.86. The number of nitrogens with zero attached hydrogens (tertiary/aromatic N) is 1. The molecule has 108 valence electrons. The standard InChI is InChI=1S/C19H14ClNO/c1-13-6-11-19-17(12-13)21(15-9-7-14(20)8-10-15)16-4-2-3-5-18(16)22-19/h2-12H,1H3. The summed E-state index contributed by atoms with van der Waals surface area (Å²) < 4.78 is 6.04. The minimum Gasteiger partial charge on any atom is -0.453 e. The lowest BCUT2D eigenvalue weighted by Gasteiger charge is -2.33. The largest absolute Gasteiger partial charge is 0.453 e. The second kappa shape index (κ2) is 5.08. The highest BCUT2D eigenvalue weighted by Gasteiger charge is 2.25. The number of hydrogen-bond acceptors (Lipinski definition) is 2. The summed E-state index contributed by atoms with van der Waals surface area (Å²) in [6.45, 7) is 2.08. The molecular weight excluding hydrogens is 294 g/mol. The first kappa shape index (κ1) is 13.2. The number of ether oxygens (including phenoxy) is 1. The van der Waals surface area contributed by atoms with Crippen LogP contribution in [0.25, 0.3) is 0 Å². The van der Waals surface area contributed by atoms with Gasteiger partial charge >= 0.3 is 0 Å². The van der Waals surface area contributed by atoms with Crippen LogP contribution in [-0.2, 0) is 0 Å². The average molecular weight is 308 g/mol. The molecule has 0 saturated carbocycles. The third-order valence-electron chi connectivity index (χ3n) is 3.77. The van der Waals surface area contributed by atoms with Gasteiger partial charge in [-0.3, -0.25) is 0 Å². The molecule has 0 aliphatic carbocycles. The highest BCUT2D eigenvalue weighted by molar-refractivity contribution is 6.30. The molecule has 0 N–H and O–H groups in total. The van der Waals surface area contributed by atoms with E-state index in [1.165, 1.54) is 5.56 Å². The highest BCUT2D eigenvalue weighted by Crippen LogP contribution is 2.50. The topological polar surface area (TPSA) is 12.5 Å². The summed E-state index contributed by atoms with van der Waals surface area (Å²) in [5.74, 6) is 1.72. The van der Waals surface area contributed by atoms with Crippen LogP contribution >= 0.6 is 11.6 Å². The maximum Gasteiger partial charge on any atom is 0.151 e. The van der Waals surface area contributed by atoms with Crippen molar-refractivity contribution in [2.45, 2.75) is 6.92 Å². The summed E-state index contributed by atoms with van der Waals surface area (Å²) in [5.41, 5.74) is 4.33. The predicted molar refractivity (Wildman–Crippen MR) is 90.9 cm³/mol. The van der Waals surface area contributed by atoms with Crippen LogP contribution in [-0.4, -0.2) is 0 Å². The van der Waals surface area contributed by atoms with Gasteiger partial charge in [0.2, 0.25) is 0 Å². The SMILES string of the molecule is Cc1ccc2c(c1)N(c1ccc(Cl)cc1)c1ccccc1O2. The second-order valence-corrected chi connectivity index (χ2v) is 5.79. The van der Waals surface area contributed by atoms with E-state index < -0.39 is 0 Å². The van der Waals surface area contributed by atoms with Gasteiger partial charge in [-0.05, 0) is 61.0 Å². The summed E-state index contributed by atoms with van der Waals surface area (Å²) in [6.07, 6.45) is 0. The van der Waals surface area contributed by atoms with Crippen molar-refractivity contribution >= 4 is 28.7 Å². The third-order valence-corrected chi connectivity index (χ3v) is 4.02. The molecule has 0 aromatic heterocycles. The zero-order valence-corrected chi connectivity index (χ0v) is 12.8. The molecule has 1 heterocycles. The number of rotatable bonds is 1. The van der Waals surface area contributed by atoms with Crippen molar-refractivity contribution in [2.75, 3.05) is 4.90 Å². The Morgan fingerprint density at radius 2 is 1.55 bits per heavy atom. The van der Waals surface area contributed by atoms with Crippen molar-refractivity contribution in [3.05, 3.63) is 77.3 Å². The zero-order valence-electron chi connectivity index (χ0n) is 12.1. The van der Waals surface area contributed by atoms with Gasteiger partial charge in [-0.15, -0.1) is 0 Å². The molecule has 1 aliphatic rings. The van der Waals surface area contributed by atoms with Gasteiger partial charge in [0.05, 0.1) is 11.4 Å². The van der Waals surface area contributed by atoms with Crippen LogP contribution in [0.1, 0.15) is 5.56 Å². The van der Waals surface area contributed by atoms with Crippen LogP contribution in [0.2, 0.25) is 5.02 Å². The lowest BCUT2D eigenvalue weighted by Crippen LogP contribution is -2.15. The van der Waals surface area contributed by atoms with Crippen LogP contribution in [0, 0.1) is 6.92 Å². The van der Waals surface area contributed by atoms with Gasteiger partial charge in [0.1, 0.15) is 0 Å². The minimum absolute atomic E-state index is 0.731. The average Bonchev–Trinajstić information content (AvgIpc) is 2.54. The quantitative estimate of drug-likeness (QED) is 0.413. The first-order chi connectivity index (χ1) is 10.7. The Hall–Kier alpha value is -2.45. The smallest absolute Gasteiger partial charge is 0.151 e.